The lowest BCUT2D eigenvalue weighted by Gasteiger charge is -2.11. The second kappa shape index (κ2) is 3.17. The minimum absolute atomic E-state index is 0.172. The van der Waals surface area contributed by atoms with Crippen molar-refractivity contribution in [3.63, 3.8) is 0 Å². The number of hydrogen-bond acceptors (Lipinski definition) is 2. The van der Waals surface area contributed by atoms with Gasteiger partial charge in [0.25, 0.3) is 0 Å². The molecule has 2 aliphatic rings. The van der Waals surface area contributed by atoms with Crippen molar-refractivity contribution >= 4 is 12.6 Å². The van der Waals surface area contributed by atoms with Gasteiger partial charge in [0.1, 0.15) is 0 Å². The Labute approximate surface area is 94.5 Å². The molecule has 0 unspecified atom stereocenters. The molecule has 1 aromatic rings. The van der Waals surface area contributed by atoms with Crippen molar-refractivity contribution in [2.24, 2.45) is 5.41 Å². The van der Waals surface area contributed by atoms with Gasteiger partial charge < -0.3 is 0 Å². The summed E-state index contributed by atoms with van der Waals surface area (Å²) in [7, 11) is 0. The van der Waals surface area contributed by atoms with Crippen molar-refractivity contribution in [3.05, 3.63) is 22.9 Å². The summed E-state index contributed by atoms with van der Waals surface area (Å²) in [5.74, 6) is 0.897. The third-order valence-electron chi connectivity index (χ3n) is 3.61. The Morgan fingerprint density at radius 2 is 2.13 bits per heavy atom. The second-order valence-electron chi connectivity index (χ2n) is 5.01. The average Bonchev–Trinajstić information content (AvgIpc) is 3.12. The van der Waals surface area contributed by atoms with E-state index < -0.39 is 0 Å². The van der Waals surface area contributed by atoms with E-state index in [1.54, 1.807) is 0 Å². The van der Waals surface area contributed by atoms with Crippen molar-refractivity contribution in [1.82, 2.24) is 9.13 Å². The van der Waals surface area contributed by atoms with Gasteiger partial charge in [-0.25, -0.2) is 4.79 Å². The van der Waals surface area contributed by atoms with Gasteiger partial charge in [-0.1, -0.05) is 0 Å². The maximum atomic E-state index is 12.0. The summed E-state index contributed by atoms with van der Waals surface area (Å²) in [6.07, 6.45) is 8.65. The van der Waals surface area contributed by atoms with Crippen LogP contribution in [-0.4, -0.2) is 14.9 Å². The van der Waals surface area contributed by atoms with Gasteiger partial charge in [0, 0.05) is 25.0 Å². The van der Waals surface area contributed by atoms with E-state index in [9.17, 15) is 4.79 Å². The molecule has 2 fully saturated rings. The number of rotatable bonds is 4. The predicted octanol–water partition coefficient (Wildman–Crippen LogP) is 1.69. The lowest BCUT2D eigenvalue weighted by Crippen LogP contribution is -2.27. The van der Waals surface area contributed by atoms with Crippen LogP contribution in [0.2, 0.25) is 0 Å². The average molecular weight is 224 g/mol. The molecule has 3 rings (SSSR count). The zero-order chi connectivity index (χ0) is 10.5. The molecule has 0 atom stereocenters. The largest absolute Gasteiger partial charge is 0.328 e. The Morgan fingerprint density at radius 1 is 1.40 bits per heavy atom. The molecule has 2 saturated carbocycles. The van der Waals surface area contributed by atoms with E-state index in [-0.39, 0.29) is 5.69 Å². The van der Waals surface area contributed by atoms with Crippen LogP contribution in [0.25, 0.3) is 0 Å². The normalized spacial score (nSPS) is 23.0. The fourth-order valence-electron chi connectivity index (χ4n) is 2.08. The predicted molar refractivity (Wildman–Crippen MR) is 62.5 cm³/mol. The highest BCUT2D eigenvalue weighted by atomic mass is 32.1. The molecule has 0 aliphatic heterocycles. The number of hydrogen-bond donors (Lipinski definition) is 1. The minimum Gasteiger partial charge on any atom is -0.299 e. The quantitative estimate of drug-likeness (QED) is 0.774. The van der Waals surface area contributed by atoms with Crippen molar-refractivity contribution < 1.29 is 0 Å². The third kappa shape index (κ3) is 1.65. The zero-order valence-corrected chi connectivity index (χ0v) is 9.62. The standard InChI is InChI=1S/C11H16N2OS/c14-10-12(7-11(8-15)3-4-11)5-6-13(10)9-1-2-9/h5-6,9,15H,1-4,7-8H2. The highest BCUT2D eigenvalue weighted by Gasteiger charge is 2.42. The number of nitrogens with zero attached hydrogens (tertiary/aromatic N) is 2. The van der Waals surface area contributed by atoms with Crippen LogP contribution in [0.5, 0.6) is 0 Å². The molecular formula is C11H16N2OS. The highest BCUT2D eigenvalue weighted by molar-refractivity contribution is 7.80. The summed E-state index contributed by atoms with van der Waals surface area (Å²) in [6, 6.07) is 0.491. The van der Waals surface area contributed by atoms with E-state index in [0.29, 0.717) is 11.5 Å². The lowest BCUT2D eigenvalue weighted by atomic mass is 10.1. The van der Waals surface area contributed by atoms with E-state index in [1.165, 1.54) is 25.7 Å². The van der Waals surface area contributed by atoms with Crippen molar-refractivity contribution in [1.29, 1.82) is 0 Å². The Balaban J connectivity index is 1.83. The Bertz CT molecular complexity index is 426. The molecular weight excluding hydrogens is 208 g/mol. The first-order valence-corrected chi connectivity index (χ1v) is 6.25. The molecule has 1 heterocycles. The van der Waals surface area contributed by atoms with Crippen LogP contribution in [0.4, 0.5) is 0 Å². The van der Waals surface area contributed by atoms with Gasteiger partial charge >= 0.3 is 5.69 Å². The highest BCUT2D eigenvalue weighted by Crippen LogP contribution is 2.47. The number of aromatic nitrogens is 2. The van der Waals surface area contributed by atoms with Gasteiger partial charge in [-0.2, -0.15) is 12.6 Å². The molecule has 0 amide bonds. The molecule has 1 aromatic heterocycles. The van der Waals surface area contributed by atoms with Crippen molar-refractivity contribution in [2.45, 2.75) is 38.3 Å². The molecule has 0 saturated heterocycles. The summed E-state index contributed by atoms with van der Waals surface area (Å²) in [4.78, 5) is 12.0. The van der Waals surface area contributed by atoms with Crippen LogP contribution in [-0.2, 0) is 6.54 Å². The first-order chi connectivity index (χ1) is 7.24. The second-order valence-corrected chi connectivity index (χ2v) is 5.32. The van der Waals surface area contributed by atoms with E-state index in [2.05, 4.69) is 12.6 Å². The maximum Gasteiger partial charge on any atom is 0.328 e. The minimum atomic E-state index is 0.172. The van der Waals surface area contributed by atoms with Crippen LogP contribution in [0.1, 0.15) is 31.7 Å². The van der Waals surface area contributed by atoms with Gasteiger partial charge in [0.05, 0.1) is 0 Å². The SMILES string of the molecule is O=c1n(CC2(CS)CC2)ccn1C1CC1. The lowest BCUT2D eigenvalue weighted by molar-refractivity contribution is 0.457. The van der Waals surface area contributed by atoms with Crippen LogP contribution in [0.15, 0.2) is 17.2 Å². The molecule has 15 heavy (non-hydrogen) atoms. The number of imidazole rings is 1. The smallest absolute Gasteiger partial charge is 0.299 e. The Morgan fingerprint density at radius 3 is 2.67 bits per heavy atom. The van der Waals surface area contributed by atoms with E-state index >= 15 is 0 Å². The van der Waals surface area contributed by atoms with Gasteiger partial charge in [0.2, 0.25) is 0 Å². The monoisotopic (exact) mass is 224 g/mol. The number of thiol groups is 1. The van der Waals surface area contributed by atoms with Crippen molar-refractivity contribution in [3.8, 4) is 0 Å². The van der Waals surface area contributed by atoms with Gasteiger partial charge in [-0.15, -0.1) is 0 Å². The molecule has 82 valence electrons. The topological polar surface area (TPSA) is 26.9 Å². The van der Waals surface area contributed by atoms with Gasteiger partial charge in [0.15, 0.2) is 0 Å². The molecule has 4 heteroatoms. The molecule has 0 radical (unpaired) electrons. The molecule has 0 N–H and O–H groups in total. The van der Waals surface area contributed by atoms with E-state index in [1.807, 2.05) is 21.5 Å². The van der Waals surface area contributed by atoms with Crippen LogP contribution in [0.3, 0.4) is 0 Å². The summed E-state index contributed by atoms with van der Waals surface area (Å²) in [6.45, 7) is 0.856. The summed E-state index contributed by atoms with van der Waals surface area (Å²) in [5.41, 5.74) is 0.494. The fourth-order valence-corrected chi connectivity index (χ4v) is 2.50. The fraction of sp³-hybridized carbons (Fsp3) is 0.727. The van der Waals surface area contributed by atoms with Crippen LogP contribution in [0, 0.1) is 5.41 Å². The summed E-state index contributed by atoms with van der Waals surface area (Å²) < 4.78 is 3.75. The molecule has 0 spiro atoms. The first kappa shape index (κ1) is 9.58. The molecule has 0 aromatic carbocycles. The van der Waals surface area contributed by atoms with Gasteiger partial charge in [-0.05, 0) is 36.9 Å². The summed E-state index contributed by atoms with van der Waals surface area (Å²) >= 11 is 4.37. The van der Waals surface area contributed by atoms with E-state index in [4.69, 9.17) is 0 Å². The molecule has 2 aliphatic carbocycles. The summed E-state index contributed by atoms with van der Waals surface area (Å²) in [5, 5.41) is 0. The first-order valence-electron chi connectivity index (χ1n) is 5.62. The Hall–Kier alpha value is -0.640. The Kier molecular flexibility index (Phi) is 2.03. The van der Waals surface area contributed by atoms with Crippen molar-refractivity contribution in [2.75, 3.05) is 5.75 Å². The third-order valence-corrected chi connectivity index (χ3v) is 4.28. The van der Waals surface area contributed by atoms with Crippen LogP contribution < -0.4 is 5.69 Å². The van der Waals surface area contributed by atoms with Gasteiger partial charge in [-0.3, -0.25) is 9.13 Å². The molecule has 0 bridgehead atoms. The zero-order valence-electron chi connectivity index (χ0n) is 8.72. The molecule has 3 nitrogen and oxygen atoms in total. The maximum absolute atomic E-state index is 12.0. The van der Waals surface area contributed by atoms with Crippen LogP contribution >= 0.6 is 12.6 Å². The van der Waals surface area contributed by atoms with E-state index in [0.717, 1.165) is 12.3 Å².